The first-order chi connectivity index (χ1) is 12.5. The van der Waals surface area contributed by atoms with Crippen molar-refractivity contribution in [1.29, 1.82) is 0 Å². The highest BCUT2D eigenvalue weighted by molar-refractivity contribution is 7.99. The van der Waals surface area contributed by atoms with Gasteiger partial charge in [0, 0.05) is 17.7 Å². The Balaban J connectivity index is 1.61. The van der Waals surface area contributed by atoms with Crippen molar-refractivity contribution in [1.82, 2.24) is 10.2 Å². The summed E-state index contributed by atoms with van der Waals surface area (Å²) in [6.45, 7) is 0. The van der Waals surface area contributed by atoms with Crippen LogP contribution in [-0.2, 0) is 4.79 Å². The lowest BCUT2D eigenvalue weighted by atomic mass is 10.2. The van der Waals surface area contributed by atoms with E-state index in [-0.39, 0.29) is 22.4 Å². The van der Waals surface area contributed by atoms with Crippen molar-refractivity contribution in [2.45, 2.75) is 5.22 Å². The van der Waals surface area contributed by atoms with Crippen LogP contribution in [0.5, 0.6) is 0 Å². The summed E-state index contributed by atoms with van der Waals surface area (Å²) < 4.78 is 19.1. The molecule has 0 bridgehead atoms. The molecule has 3 rings (SSSR count). The molecule has 1 heterocycles. The Labute approximate surface area is 150 Å². The van der Waals surface area contributed by atoms with Gasteiger partial charge in [0.25, 0.3) is 10.9 Å². The van der Waals surface area contributed by atoms with E-state index in [4.69, 9.17) is 4.42 Å². The zero-order valence-corrected chi connectivity index (χ0v) is 13.9. The molecule has 0 radical (unpaired) electrons. The largest absolute Gasteiger partial charge is 0.411 e. The molecule has 1 N–H and O–H groups in total. The Kier molecular flexibility index (Phi) is 5.23. The number of hydrogen-bond acceptors (Lipinski definition) is 7. The molecule has 10 heteroatoms. The third-order valence-corrected chi connectivity index (χ3v) is 4.01. The molecule has 0 aliphatic rings. The molecule has 8 nitrogen and oxygen atoms in total. The van der Waals surface area contributed by atoms with Crippen LogP contribution >= 0.6 is 11.8 Å². The fourth-order valence-electron chi connectivity index (χ4n) is 2.00. The molecule has 0 aliphatic heterocycles. The average molecular weight is 374 g/mol. The Bertz CT molecular complexity index is 948. The number of non-ortho nitro benzene ring substituents is 1. The van der Waals surface area contributed by atoms with Crippen LogP contribution in [0.2, 0.25) is 0 Å². The normalized spacial score (nSPS) is 10.5. The summed E-state index contributed by atoms with van der Waals surface area (Å²) in [5.74, 6) is -1.14. The van der Waals surface area contributed by atoms with E-state index in [1.807, 2.05) is 18.2 Å². The summed E-state index contributed by atoms with van der Waals surface area (Å²) in [6, 6.07) is 12.0. The molecule has 2 aromatic carbocycles. The number of amides is 1. The summed E-state index contributed by atoms with van der Waals surface area (Å²) in [4.78, 5) is 22.0. The molecule has 0 atom stereocenters. The van der Waals surface area contributed by atoms with Crippen LogP contribution in [0.25, 0.3) is 11.5 Å². The zero-order chi connectivity index (χ0) is 18.5. The third-order valence-electron chi connectivity index (χ3n) is 3.19. The summed E-state index contributed by atoms with van der Waals surface area (Å²) in [5.41, 5.74) is 0.161. The van der Waals surface area contributed by atoms with Crippen molar-refractivity contribution in [2.75, 3.05) is 11.1 Å². The van der Waals surface area contributed by atoms with Gasteiger partial charge in [0.2, 0.25) is 11.8 Å². The van der Waals surface area contributed by atoms with Gasteiger partial charge in [-0.25, -0.2) is 4.39 Å². The molecule has 26 heavy (non-hydrogen) atoms. The number of rotatable bonds is 6. The first-order valence-electron chi connectivity index (χ1n) is 7.28. The topological polar surface area (TPSA) is 111 Å². The molecule has 0 unspecified atom stereocenters. The minimum Gasteiger partial charge on any atom is -0.411 e. The van der Waals surface area contributed by atoms with Gasteiger partial charge in [-0.3, -0.25) is 14.9 Å². The summed E-state index contributed by atoms with van der Waals surface area (Å²) in [7, 11) is 0. The van der Waals surface area contributed by atoms with Crippen LogP contribution in [0.15, 0.2) is 58.2 Å². The number of nitro groups is 1. The highest BCUT2D eigenvalue weighted by Gasteiger charge is 2.15. The molecule has 0 saturated carbocycles. The van der Waals surface area contributed by atoms with E-state index >= 15 is 0 Å². The van der Waals surface area contributed by atoms with Crippen LogP contribution in [-0.4, -0.2) is 26.8 Å². The molecule has 1 aromatic heterocycles. The predicted molar refractivity (Wildman–Crippen MR) is 92.1 cm³/mol. The number of nitrogens with zero attached hydrogens (tertiary/aromatic N) is 3. The summed E-state index contributed by atoms with van der Waals surface area (Å²) >= 11 is 0.971. The number of nitrogens with one attached hydrogen (secondary N) is 1. The zero-order valence-electron chi connectivity index (χ0n) is 13.1. The molecular formula is C16H11FN4O4S. The lowest BCUT2D eigenvalue weighted by molar-refractivity contribution is -0.384. The predicted octanol–water partition coefficient (Wildman–Crippen LogP) is 3.51. The van der Waals surface area contributed by atoms with Crippen LogP contribution < -0.4 is 5.32 Å². The lowest BCUT2D eigenvalue weighted by Gasteiger charge is -2.05. The smallest absolute Gasteiger partial charge is 0.277 e. The number of hydrogen-bond donors (Lipinski definition) is 1. The maximum atomic E-state index is 13.7. The second kappa shape index (κ2) is 7.74. The molecule has 1 amide bonds. The van der Waals surface area contributed by atoms with Gasteiger partial charge in [0.1, 0.15) is 5.82 Å². The minimum absolute atomic E-state index is 0.126. The van der Waals surface area contributed by atoms with E-state index in [9.17, 15) is 19.3 Å². The maximum Gasteiger partial charge on any atom is 0.277 e. The lowest BCUT2D eigenvalue weighted by Crippen LogP contribution is -2.15. The van der Waals surface area contributed by atoms with Gasteiger partial charge in [-0.2, -0.15) is 0 Å². The van der Waals surface area contributed by atoms with Crippen molar-refractivity contribution < 1.29 is 18.5 Å². The van der Waals surface area contributed by atoms with E-state index in [0.29, 0.717) is 5.89 Å². The minimum atomic E-state index is -0.766. The Morgan fingerprint density at radius 2 is 2.00 bits per heavy atom. The average Bonchev–Trinajstić information content (AvgIpc) is 3.11. The van der Waals surface area contributed by atoms with Crippen molar-refractivity contribution >= 4 is 29.0 Å². The number of halogens is 1. The van der Waals surface area contributed by atoms with Gasteiger partial charge < -0.3 is 9.73 Å². The van der Waals surface area contributed by atoms with Gasteiger partial charge in [0.05, 0.1) is 16.4 Å². The van der Waals surface area contributed by atoms with E-state index in [1.54, 1.807) is 12.1 Å². The highest BCUT2D eigenvalue weighted by atomic mass is 32.2. The van der Waals surface area contributed by atoms with Crippen LogP contribution in [0.4, 0.5) is 15.8 Å². The molecule has 3 aromatic rings. The van der Waals surface area contributed by atoms with E-state index in [0.717, 1.165) is 35.5 Å². The number of nitro benzene ring substituents is 1. The van der Waals surface area contributed by atoms with Crippen molar-refractivity contribution in [3.05, 3.63) is 64.5 Å². The Morgan fingerprint density at radius 1 is 1.23 bits per heavy atom. The van der Waals surface area contributed by atoms with E-state index < -0.39 is 16.6 Å². The fourth-order valence-corrected chi connectivity index (χ4v) is 2.56. The molecule has 0 aliphatic carbocycles. The fraction of sp³-hybridized carbons (Fsp3) is 0.0625. The number of thioether (sulfide) groups is 1. The van der Waals surface area contributed by atoms with Crippen LogP contribution in [0.3, 0.4) is 0 Å². The van der Waals surface area contributed by atoms with E-state index in [2.05, 4.69) is 15.5 Å². The quantitative estimate of drug-likeness (QED) is 0.399. The van der Waals surface area contributed by atoms with Crippen molar-refractivity contribution in [2.24, 2.45) is 0 Å². The van der Waals surface area contributed by atoms with Gasteiger partial charge in [-0.1, -0.05) is 30.0 Å². The molecule has 0 saturated heterocycles. The second-order valence-electron chi connectivity index (χ2n) is 5.00. The van der Waals surface area contributed by atoms with Gasteiger partial charge in [-0.15, -0.1) is 10.2 Å². The summed E-state index contributed by atoms with van der Waals surface area (Å²) in [6.07, 6.45) is 0. The summed E-state index contributed by atoms with van der Waals surface area (Å²) in [5, 5.41) is 20.9. The Hall–Kier alpha value is -3.27. The van der Waals surface area contributed by atoms with Gasteiger partial charge in [0.15, 0.2) is 0 Å². The molecular weight excluding hydrogens is 363 g/mol. The first-order valence-corrected chi connectivity index (χ1v) is 8.27. The van der Waals surface area contributed by atoms with Gasteiger partial charge in [-0.05, 0) is 18.2 Å². The monoisotopic (exact) mass is 374 g/mol. The third kappa shape index (κ3) is 4.22. The highest BCUT2D eigenvalue weighted by Crippen LogP contribution is 2.24. The number of benzene rings is 2. The van der Waals surface area contributed by atoms with Crippen molar-refractivity contribution in [3.63, 3.8) is 0 Å². The van der Waals surface area contributed by atoms with Crippen LogP contribution in [0.1, 0.15) is 0 Å². The number of carbonyl (C=O) groups is 1. The first kappa shape index (κ1) is 17.5. The second-order valence-corrected chi connectivity index (χ2v) is 5.92. The molecule has 0 spiro atoms. The number of anilines is 1. The van der Waals surface area contributed by atoms with Crippen LogP contribution in [0, 0.1) is 15.9 Å². The number of aromatic nitrogens is 2. The maximum absolute atomic E-state index is 13.7. The van der Waals surface area contributed by atoms with Gasteiger partial charge >= 0.3 is 0 Å². The molecule has 132 valence electrons. The number of carbonyl (C=O) groups excluding carboxylic acids is 1. The molecule has 0 fully saturated rings. The SMILES string of the molecule is O=C(CSc1nnc(-c2ccccc2)o1)Nc1cc([N+](=O)[O-])ccc1F. The van der Waals surface area contributed by atoms with Crippen molar-refractivity contribution in [3.8, 4) is 11.5 Å². The van der Waals surface area contributed by atoms with E-state index in [1.165, 1.54) is 0 Å². The standard InChI is InChI=1S/C16H11FN4O4S/c17-12-7-6-11(21(23)24)8-13(12)18-14(22)9-26-16-20-19-15(25-16)10-4-2-1-3-5-10/h1-8H,9H2,(H,18,22). The Morgan fingerprint density at radius 3 is 2.73 bits per heavy atom.